The molecule has 150 valence electrons. The van der Waals surface area contributed by atoms with Crippen LogP contribution in [0.1, 0.15) is 15.9 Å². The minimum atomic E-state index is -0.740. The summed E-state index contributed by atoms with van der Waals surface area (Å²) in [6.45, 7) is 0.969. The number of nitrogens with zero attached hydrogens (tertiary/aromatic N) is 3. The van der Waals surface area contributed by atoms with Gasteiger partial charge in [-0.3, -0.25) is 19.7 Å². The Morgan fingerprint density at radius 1 is 1.00 bits per heavy atom. The normalized spacial score (nSPS) is 14.3. The third-order valence-electron chi connectivity index (χ3n) is 4.58. The van der Waals surface area contributed by atoms with E-state index in [0.29, 0.717) is 0 Å². The Bertz CT molecular complexity index is 985. The van der Waals surface area contributed by atoms with Crippen LogP contribution in [0.3, 0.4) is 0 Å². The lowest BCUT2D eigenvalue weighted by Crippen LogP contribution is -2.50. The zero-order valence-electron chi connectivity index (χ0n) is 15.3. The number of carbonyl (C=O) groups excluding carboxylic acids is 2. The van der Waals surface area contributed by atoms with Gasteiger partial charge in [0.05, 0.1) is 22.1 Å². The fraction of sp³-hybridized carbons (Fsp3) is 0.200. The summed E-state index contributed by atoms with van der Waals surface area (Å²) in [6, 6.07) is 8.79. The Morgan fingerprint density at radius 3 is 2.31 bits per heavy atom. The first kappa shape index (κ1) is 20.1. The number of nitro groups is 1. The summed E-state index contributed by atoms with van der Waals surface area (Å²) in [5, 5.41) is 11.0. The summed E-state index contributed by atoms with van der Waals surface area (Å²) >= 11 is 0. The maximum Gasteiger partial charge on any atom is 0.279 e. The van der Waals surface area contributed by atoms with Gasteiger partial charge in [-0.05, 0) is 30.3 Å². The van der Waals surface area contributed by atoms with Crippen molar-refractivity contribution < 1.29 is 23.3 Å². The molecule has 1 fully saturated rings. The Kier molecular flexibility index (Phi) is 5.96. The first-order valence-electron chi connectivity index (χ1n) is 8.81. The minimum absolute atomic E-state index is 0.0178. The Balaban J connectivity index is 1.62. The molecule has 3 rings (SSSR count). The van der Waals surface area contributed by atoms with E-state index in [1.165, 1.54) is 46.2 Å². The monoisotopic (exact) mass is 401 g/mol. The molecule has 0 aliphatic carbocycles. The van der Waals surface area contributed by atoms with Gasteiger partial charge in [-0.1, -0.05) is 12.1 Å². The van der Waals surface area contributed by atoms with Gasteiger partial charge in [-0.15, -0.1) is 0 Å². The van der Waals surface area contributed by atoms with Crippen molar-refractivity contribution in [1.29, 1.82) is 0 Å². The predicted octanol–water partition coefficient (Wildman–Crippen LogP) is 2.87. The number of hydrogen-bond donors (Lipinski definition) is 0. The van der Waals surface area contributed by atoms with E-state index in [-0.39, 0.29) is 43.2 Å². The maximum absolute atomic E-state index is 13.8. The summed E-state index contributed by atoms with van der Waals surface area (Å²) in [6.07, 6.45) is 2.44. The average Bonchev–Trinajstić information content (AvgIpc) is 2.72. The molecular weight excluding hydrogens is 384 g/mol. The Labute approximate surface area is 165 Å². The molecule has 9 heteroatoms. The molecule has 0 saturated carbocycles. The summed E-state index contributed by atoms with van der Waals surface area (Å²) in [4.78, 5) is 38.0. The molecule has 1 saturated heterocycles. The van der Waals surface area contributed by atoms with E-state index in [1.807, 2.05) is 0 Å². The van der Waals surface area contributed by atoms with Crippen molar-refractivity contribution in [2.45, 2.75) is 0 Å². The van der Waals surface area contributed by atoms with Crippen LogP contribution in [0.15, 0.2) is 48.5 Å². The highest BCUT2D eigenvalue weighted by Gasteiger charge is 2.25. The van der Waals surface area contributed by atoms with Crippen LogP contribution in [0.4, 0.5) is 14.5 Å². The zero-order valence-corrected chi connectivity index (χ0v) is 15.3. The van der Waals surface area contributed by atoms with Crippen LogP contribution in [-0.2, 0) is 4.79 Å². The first-order chi connectivity index (χ1) is 13.9. The van der Waals surface area contributed by atoms with Crippen molar-refractivity contribution >= 4 is 23.6 Å². The van der Waals surface area contributed by atoms with Crippen LogP contribution in [0, 0.1) is 21.7 Å². The number of benzene rings is 2. The van der Waals surface area contributed by atoms with E-state index in [4.69, 9.17) is 0 Å². The molecule has 7 nitrogen and oxygen atoms in total. The van der Waals surface area contributed by atoms with Gasteiger partial charge in [0.25, 0.3) is 11.6 Å². The highest BCUT2D eigenvalue weighted by atomic mass is 19.1. The van der Waals surface area contributed by atoms with Crippen LogP contribution in [0.5, 0.6) is 0 Å². The lowest BCUT2D eigenvalue weighted by molar-refractivity contribution is -0.385. The molecule has 1 aliphatic heterocycles. The molecule has 2 aromatic carbocycles. The molecule has 0 aromatic heterocycles. The molecule has 2 amide bonds. The molecule has 0 spiro atoms. The van der Waals surface area contributed by atoms with Gasteiger partial charge >= 0.3 is 0 Å². The van der Waals surface area contributed by atoms with Crippen molar-refractivity contribution in [3.8, 4) is 0 Å². The van der Waals surface area contributed by atoms with Crippen LogP contribution in [0.25, 0.3) is 6.08 Å². The third kappa shape index (κ3) is 4.63. The molecule has 2 aromatic rings. The Morgan fingerprint density at radius 2 is 1.66 bits per heavy atom. The zero-order chi connectivity index (χ0) is 21.0. The molecule has 0 atom stereocenters. The maximum atomic E-state index is 13.8. The highest BCUT2D eigenvalue weighted by molar-refractivity contribution is 5.95. The number of rotatable bonds is 4. The minimum Gasteiger partial charge on any atom is -0.336 e. The Hall–Kier alpha value is -3.62. The summed E-state index contributed by atoms with van der Waals surface area (Å²) in [5.74, 6) is -2.16. The predicted molar refractivity (Wildman–Crippen MR) is 101 cm³/mol. The van der Waals surface area contributed by atoms with Gasteiger partial charge < -0.3 is 9.80 Å². The second kappa shape index (κ2) is 8.59. The molecule has 0 N–H and O–H groups in total. The molecule has 0 radical (unpaired) electrons. The van der Waals surface area contributed by atoms with Crippen molar-refractivity contribution in [3.05, 3.63) is 81.4 Å². The number of amides is 2. The van der Waals surface area contributed by atoms with Crippen LogP contribution in [-0.4, -0.2) is 52.7 Å². The fourth-order valence-corrected chi connectivity index (χ4v) is 3.02. The van der Waals surface area contributed by atoms with Crippen LogP contribution in [0.2, 0.25) is 0 Å². The van der Waals surface area contributed by atoms with Gasteiger partial charge in [0.15, 0.2) is 0 Å². The van der Waals surface area contributed by atoms with E-state index in [1.54, 1.807) is 6.07 Å². The van der Waals surface area contributed by atoms with E-state index in [2.05, 4.69) is 0 Å². The van der Waals surface area contributed by atoms with Gasteiger partial charge in [0.2, 0.25) is 5.91 Å². The lowest BCUT2D eigenvalue weighted by Gasteiger charge is -2.34. The van der Waals surface area contributed by atoms with Crippen molar-refractivity contribution in [2.24, 2.45) is 0 Å². The number of carbonyl (C=O) groups is 2. The molecule has 1 aliphatic rings. The second-order valence-electron chi connectivity index (χ2n) is 6.39. The molecular formula is C20H17F2N3O4. The standard InChI is InChI=1S/C20H17F2N3O4/c21-15-7-5-14(18(13-15)25(28)29)6-8-19(26)23-9-11-24(12-10-23)20(27)16-3-1-2-4-17(16)22/h1-8,13H,9-12H2/b8-6+. The summed E-state index contributed by atoms with van der Waals surface area (Å²) < 4.78 is 27.0. The van der Waals surface area contributed by atoms with Crippen molar-refractivity contribution in [1.82, 2.24) is 9.80 Å². The van der Waals surface area contributed by atoms with E-state index in [9.17, 15) is 28.5 Å². The topological polar surface area (TPSA) is 83.8 Å². The summed E-state index contributed by atoms with van der Waals surface area (Å²) in [7, 11) is 0. The van der Waals surface area contributed by atoms with Crippen LogP contribution >= 0.6 is 0 Å². The number of halogens is 2. The first-order valence-corrected chi connectivity index (χ1v) is 8.81. The average molecular weight is 401 g/mol. The third-order valence-corrected chi connectivity index (χ3v) is 4.58. The molecule has 0 bridgehead atoms. The summed E-state index contributed by atoms with van der Waals surface area (Å²) in [5.41, 5.74) is -0.344. The van der Waals surface area contributed by atoms with Crippen LogP contribution < -0.4 is 0 Å². The van der Waals surface area contributed by atoms with Crippen molar-refractivity contribution in [3.63, 3.8) is 0 Å². The molecule has 29 heavy (non-hydrogen) atoms. The fourth-order valence-electron chi connectivity index (χ4n) is 3.02. The van der Waals surface area contributed by atoms with Gasteiger partial charge in [0, 0.05) is 32.3 Å². The van der Waals surface area contributed by atoms with Gasteiger partial charge in [-0.2, -0.15) is 0 Å². The smallest absolute Gasteiger partial charge is 0.279 e. The van der Waals surface area contributed by atoms with E-state index >= 15 is 0 Å². The van der Waals surface area contributed by atoms with Gasteiger partial charge in [-0.25, -0.2) is 8.78 Å². The quantitative estimate of drug-likeness (QED) is 0.448. The molecule has 0 unspecified atom stereocenters. The largest absolute Gasteiger partial charge is 0.336 e. The van der Waals surface area contributed by atoms with Crippen molar-refractivity contribution in [2.75, 3.05) is 26.2 Å². The number of piperazine rings is 1. The van der Waals surface area contributed by atoms with Gasteiger partial charge in [0.1, 0.15) is 11.6 Å². The highest BCUT2D eigenvalue weighted by Crippen LogP contribution is 2.21. The SMILES string of the molecule is O=C(/C=C/c1ccc(F)cc1[N+](=O)[O-])N1CCN(C(=O)c2ccccc2F)CC1. The number of nitro benzene ring substituents is 1. The van der Waals surface area contributed by atoms with E-state index < -0.39 is 28.2 Å². The van der Waals surface area contributed by atoms with E-state index in [0.717, 1.165) is 12.1 Å². The lowest BCUT2D eigenvalue weighted by atomic mass is 10.1. The number of hydrogen-bond acceptors (Lipinski definition) is 4. The molecule has 1 heterocycles. The second-order valence-corrected chi connectivity index (χ2v) is 6.39.